The molecule has 3 N–H and O–H groups in total. The Morgan fingerprint density at radius 3 is 2.00 bits per heavy atom. The van der Waals surface area contributed by atoms with Crippen LogP contribution in [-0.4, -0.2) is 44.3 Å². The van der Waals surface area contributed by atoms with Crippen LogP contribution in [0.25, 0.3) is 49.2 Å². The molecule has 2 aliphatic rings. The van der Waals surface area contributed by atoms with Gasteiger partial charge in [0.2, 0.25) is 0 Å². The summed E-state index contributed by atoms with van der Waals surface area (Å²) in [5.74, 6) is -0.638. The SMILES string of the molecule is CCC1(CC)CNc2c(c3c4c5c(c(OC)c(O)c6c(=O)cc(OC)c(c7c(OC)cc(=O)c2c74)c65)C(C(C)=O)C(C)=C3)N1. The van der Waals surface area contributed by atoms with Crippen molar-refractivity contribution >= 4 is 66.3 Å². The second-order valence-corrected chi connectivity index (χ2v) is 12.0. The van der Waals surface area contributed by atoms with E-state index in [2.05, 4.69) is 24.5 Å². The van der Waals surface area contributed by atoms with Gasteiger partial charge >= 0.3 is 0 Å². The Bertz CT molecular complexity index is 2230. The topological polar surface area (TPSA) is 123 Å². The van der Waals surface area contributed by atoms with Crippen molar-refractivity contribution in [1.29, 1.82) is 0 Å². The highest BCUT2D eigenvalue weighted by Crippen LogP contribution is 2.58. The van der Waals surface area contributed by atoms with E-state index >= 15 is 0 Å². The van der Waals surface area contributed by atoms with E-state index in [-0.39, 0.29) is 39.4 Å². The molecule has 0 spiro atoms. The Morgan fingerprint density at radius 2 is 1.45 bits per heavy atom. The number of phenols is 1. The zero-order chi connectivity index (χ0) is 31.4. The minimum Gasteiger partial charge on any atom is -0.504 e. The van der Waals surface area contributed by atoms with Gasteiger partial charge in [0.1, 0.15) is 17.3 Å². The number of rotatable bonds is 6. The largest absolute Gasteiger partial charge is 0.504 e. The van der Waals surface area contributed by atoms with Crippen LogP contribution in [0.15, 0.2) is 27.3 Å². The average Bonchev–Trinajstić information content (AvgIpc) is 3.15. The number of ether oxygens (including phenoxy) is 3. The van der Waals surface area contributed by atoms with Crippen LogP contribution in [0.1, 0.15) is 57.6 Å². The zero-order valence-corrected chi connectivity index (χ0v) is 25.8. The predicted octanol–water partition coefficient (Wildman–Crippen LogP) is 6.11. The second kappa shape index (κ2) is 9.35. The van der Waals surface area contributed by atoms with Gasteiger partial charge in [-0.15, -0.1) is 0 Å². The van der Waals surface area contributed by atoms with Crippen LogP contribution < -0.4 is 35.7 Å². The molecule has 44 heavy (non-hydrogen) atoms. The number of carbonyl (C=O) groups excluding carboxylic acids is 1. The number of methoxy groups -OCH3 is 3. The van der Waals surface area contributed by atoms with Gasteiger partial charge in [-0.2, -0.15) is 0 Å². The van der Waals surface area contributed by atoms with Gasteiger partial charge < -0.3 is 30.0 Å². The number of phenolic OH excluding ortho intramolecular Hbond substituents is 1. The minimum absolute atomic E-state index is 0.0523. The molecule has 0 amide bonds. The van der Waals surface area contributed by atoms with Gasteiger partial charge in [0, 0.05) is 56.7 Å². The molecule has 0 saturated carbocycles. The lowest BCUT2D eigenvalue weighted by Crippen LogP contribution is -2.47. The first-order valence-electron chi connectivity index (χ1n) is 14.8. The van der Waals surface area contributed by atoms with Gasteiger partial charge in [0.25, 0.3) is 0 Å². The molecular weight excluding hydrogens is 560 g/mol. The average molecular weight is 595 g/mol. The Morgan fingerprint density at radius 1 is 0.864 bits per heavy atom. The summed E-state index contributed by atoms with van der Waals surface area (Å²) in [6.07, 6.45) is 3.67. The van der Waals surface area contributed by atoms with E-state index in [4.69, 9.17) is 14.2 Å². The van der Waals surface area contributed by atoms with Crippen LogP contribution in [0.3, 0.4) is 0 Å². The second-order valence-electron chi connectivity index (χ2n) is 12.0. The first-order chi connectivity index (χ1) is 21.1. The van der Waals surface area contributed by atoms with Crippen LogP contribution >= 0.6 is 0 Å². The van der Waals surface area contributed by atoms with Crippen LogP contribution in [0.2, 0.25) is 0 Å². The molecule has 5 aromatic rings. The molecule has 1 unspecified atom stereocenters. The number of hydrogen-bond donors (Lipinski definition) is 3. The van der Waals surface area contributed by atoms with Crippen LogP contribution in [0, 0.1) is 0 Å². The standard InChI is InChI=1S/C35H34N2O7/c1-8-35(9-2)13-36-32-23-17(39)11-19(42-5)25-26-20(43-6)12-18(40)24-29(26)28-22(27(23)25)16(31(32)37-35)10-14(3)21(15(4)38)30(28)34(44-7)33(24)41/h10-12,21,36-37,41H,8-9,13H2,1-7H3. The summed E-state index contributed by atoms with van der Waals surface area (Å²) in [6.45, 7) is 8.27. The number of hydrogen-bond acceptors (Lipinski definition) is 9. The van der Waals surface area contributed by atoms with Crippen LogP contribution in [0.5, 0.6) is 23.0 Å². The monoisotopic (exact) mass is 594 g/mol. The smallest absolute Gasteiger partial charge is 0.194 e. The molecule has 7 rings (SSSR count). The zero-order valence-electron chi connectivity index (χ0n) is 25.8. The third-order valence-electron chi connectivity index (χ3n) is 10.0. The summed E-state index contributed by atoms with van der Waals surface area (Å²) < 4.78 is 17.5. The van der Waals surface area contributed by atoms with E-state index in [1.54, 1.807) is 0 Å². The maximum absolute atomic E-state index is 14.1. The Kier molecular flexibility index (Phi) is 5.95. The maximum atomic E-state index is 14.1. The molecule has 0 bridgehead atoms. The molecule has 9 nitrogen and oxygen atoms in total. The van der Waals surface area contributed by atoms with Crippen LogP contribution in [-0.2, 0) is 4.79 Å². The van der Waals surface area contributed by atoms with E-state index in [0.29, 0.717) is 61.2 Å². The van der Waals surface area contributed by atoms with E-state index in [9.17, 15) is 19.5 Å². The summed E-state index contributed by atoms with van der Waals surface area (Å²) in [7, 11) is 4.39. The fourth-order valence-corrected chi connectivity index (χ4v) is 7.84. The number of Topliss-reactive ketones (excluding diaryl/α,β-unsaturated/α-hetero) is 1. The lowest BCUT2D eigenvalue weighted by Gasteiger charge is -2.41. The lowest BCUT2D eigenvalue weighted by molar-refractivity contribution is -0.117. The van der Waals surface area contributed by atoms with E-state index < -0.39 is 11.3 Å². The summed E-state index contributed by atoms with van der Waals surface area (Å²) in [4.78, 5) is 41.4. The van der Waals surface area contributed by atoms with Crippen molar-refractivity contribution in [2.45, 2.75) is 52.0 Å². The van der Waals surface area contributed by atoms with Gasteiger partial charge in [-0.25, -0.2) is 0 Å². The predicted molar refractivity (Wildman–Crippen MR) is 175 cm³/mol. The highest BCUT2D eigenvalue weighted by atomic mass is 16.5. The molecule has 1 atom stereocenters. The quantitative estimate of drug-likeness (QED) is 0.158. The molecule has 0 saturated heterocycles. The van der Waals surface area contributed by atoms with Crippen molar-refractivity contribution < 1.29 is 24.1 Å². The number of allylic oxidation sites excluding steroid dienone is 1. The molecule has 0 radical (unpaired) electrons. The van der Waals surface area contributed by atoms with Crippen molar-refractivity contribution in [2.75, 3.05) is 38.5 Å². The maximum Gasteiger partial charge on any atom is 0.194 e. The fourth-order valence-electron chi connectivity index (χ4n) is 7.84. The van der Waals surface area contributed by atoms with Crippen molar-refractivity contribution in [1.82, 2.24) is 0 Å². The summed E-state index contributed by atoms with van der Waals surface area (Å²) in [5, 5.41) is 23.1. The molecule has 0 aromatic heterocycles. The lowest BCUT2D eigenvalue weighted by atomic mass is 9.80. The Hall–Kier alpha value is -4.79. The number of ketones is 1. The van der Waals surface area contributed by atoms with Gasteiger partial charge in [0.15, 0.2) is 22.4 Å². The molecule has 5 aromatic carbocycles. The molecular formula is C35H34N2O7. The number of carbonyl (C=O) groups is 1. The van der Waals surface area contributed by atoms with Gasteiger partial charge in [-0.05, 0) is 32.1 Å². The molecule has 1 heterocycles. The first kappa shape index (κ1) is 28.0. The van der Waals surface area contributed by atoms with Gasteiger partial charge in [0.05, 0.1) is 54.9 Å². The highest BCUT2D eigenvalue weighted by Gasteiger charge is 2.40. The normalized spacial score (nSPS) is 17.0. The van der Waals surface area contributed by atoms with E-state index in [1.165, 1.54) is 40.4 Å². The number of aromatic hydroxyl groups is 1. The Balaban J connectivity index is 1.95. The van der Waals surface area contributed by atoms with E-state index in [0.717, 1.165) is 29.7 Å². The number of fused-ring (bicyclic) bond motifs is 4. The molecule has 1 aliphatic carbocycles. The van der Waals surface area contributed by atoms with Gasteiger partial charge in [-0.3, -0.25) is 14.4 Å². The highest BCUT2D eigenvalue weighted by molar-refractivity contribution is 6.40. The van der Waals surface area contributed by atoms with E-state index in [1.807, 2.05) is 13.0 Å². The summed E-state index contributed by atoms with van der Waals surface area (Å²) in [6, 6.07) is 2.80. The number of anilines is 2. The Labute approximate surface area is 253 Å². The molecule has 0 fully saturated rings. The first-order valence-corrected chi connectivity index (χ1v) is 14.8. The van der Waals surface area contributed by atoms with Crippen molar-refractivity contribution in [3.63, 3.8) is 0 Å². The number of benzene rings is 5. The molecule has 226 valence electrons. The van der Waals surface area contributed by atoms with Crippen molar-refractivity contribution in [2.24, 2.45) is 0 Å². The number of nitrogens with one attached hydrogen (secondary N) is 2. The van der Waals surface area contributed by atoms with Crippen molar-refractivity contribution in [3.8, 4) is 23.0 Å². The minimum atomic E-state index is -0.792. The third kappa shape index (κ3) is 3.27. The van der Waals surface area contributed by atoms with Crippen molar-refractivity contribution in [3.05, 3.63) is 49.3 Å². The summed E-state index contributed by atoms with van der Waals surface area (Å²) >= 11 is 0. The molecule has 9 heteroatoms. The van der Waals surface area contributed by atoms with Gasteiger partial charge in [-0.1, -0.05) is 25.5 Å². The fraction of sp³-hybridized carbons (Fsp3) is 0.343. The summed E-state index contributed by atoms with van der Waals surface area (Å²) in [5.41, 5.74) is 2.46. The third-order valence-corrected chi connectivity index (χ3v) is 10.0. The van der Waals surface area contributed by atoms with Crippen LogP contribution in [0.4, 0.5) is 11.4 Å². The molecule has 1 aliphatic heterocycles.